The predicted octanol–water partition coefficient (Wildman–Crippen LogP) is 4.50. The second kappa shape index (κ2) is 10.7. The maximum atomic E-state index is 15.3. The van der Waals surface area contributed by atoms with E-state index >= 15 is 4.39 Å². The Kier molecular flexibility index (Phi) is 6.87. The highest BCUT2D eigenvalue weighted by molar-refractivity contribution is 6.31. The van der Waals surface area contributed by atoms with Crippen molar-refractivity contribution in [2.75, 3.05) is 5.32 Å². The third-order valence-electron chi connectivity index (χ3n) is 6.89. The predicted molar refractivity (Wildman–Crippen MR) is 144 cm³/mol. The molecule has 1 aliphatic carbocycles. The average molecular weight is 578 g/mol. The van der Waals surface area contributed by atoms with E-state index in [1.807, 2.05) is 0 Å². The molecule has 1 unspecified atom stereocenters. The number of anilines is 1. The van der Waals surface area contributed by atoms with Gasteiger partial charge >= 0.3 is 0 Å². The zero-order chi connectivity index (χ0) is 28.7. The molecule has 41 heavy (non-hydrogen) atoms. The molecule has 208 valence electrons. The summed E-state index contributed by atoms with van der Waals surface area (Å²) >= 11 is 6.08. The highest BCUT2D eigenvalue weighted by Crippen LogP contribution is 2.39. The molecule has 0 radical (unpaired) electrons. The second-order valence-corrected chi connectivity index (χ2v) is 10.2. The van der Waals surface area contributed by atoms with E-state index in [4.69, 9.17) is 11.6 Å². The van der Waals surface area contributed by atoms with E-state index in [1.54, 1.807) is 35.3 Å². The van der Waals surface area contributed by atoms with Crippen molar-refractivity contribution in [1.29, 1.82) is 0 Å². The van der Waals surface area contributed by atoms with E-state index in [1.165, 1.54) is 42.5 Å². The Balaban J connectivity index is 1.35. The molecule has 5 aromatic rings. The standard InChI is InChI=1S/C27H22ClF2N9O2/c1-15(40)34-27-21(29)9-18(10-31-27)19-11-33-37(12-19)24(8-16-2-3-16)22-6-4-17(13-39(22)41)25-23(38-14-32-35-36-38)7-5-20(28)26(25)30/h4-7,9-14,16,24H,2-3,8H2,1H3,(H,31,34,40). The molecule has 6 rings (SSSR count). The molecule has 14 heteroatoms. The van der Waals surface area contributed by atoms with Crippen LogP contribution in [-0.4, -0.2) is 40.9 Å². The van der Waals surface area contributed by atoms with E-state index in [-0.39, 0.29) is 16.4 Å². The maximum absolute atomic E-state index is 15.3. The van der Waals surface area contributed by atoms with Crippen molar-refractivity contribution >= 4 is 23.3 Å². The van der Waals surface area contributed by atoms with Gasteiger partial charge < -0.3 is 10.5 Å². The zero-order valence-corrected chi connectivity index (χ0v) is 22.3. The highest BCUT2D eigenvalue weighted by Gasteiger charge is 2.32. The maximum Gasteiger partial charge on any atom is 0.222 e. The first-order valence-electron chi connectivity index (χ1n) is 12.7. The minimum Gasteiger partial charge on any atom is -0.618 e. The van der Waals surface area contributed by atoms with Gasteiger partial charge in [-0.3, -0.25) is 9.48 Å². The van der Waals surface area contributed by atoms with Crippen LogP contribution in [0.2, 0.25) is 5.02 Å². The number of nitrogens with one attached hydrogen (secondary N) is 1. The Bertz CT molecular complexity index is 1760. The molecule has 0 spiro atoms. The van der Waals surface area contributed by atoms with Crippen LogP contribution in [0.1, 0.15) is 37.9 Å². The van der Waals surface area contributed by atoms with Crippen LogP contribution in [0.3, 0.4) is 0 Å². The number of carbonyl (C=O) groups excluding carboxylic acids is 1. The van der Waals surface area contributed by atoms with Crippen molar-refractivity contribution < 1.29 is 18.3 Å². The molecule has 1 saturated carbocycles. The lowest BCUT2D eigenvalue weighted by molar-refractivity contribution is -0.615. The van der Waals surface area contributed by atoms with E-state index in [2.05, 4.69) is 30.9 Å². The lowest BCUT2D eigenvalue weighted by Gasteiger charge is -2.18. The number of benzene rings is 1. The van der Waals surface area contributed by atoms with Crippen LogP contribution in [0.15, 0.2) is 61.4 Å². The molecule has 1 amide bonds. The summed E-state index contributed by atoms with van der Waals surface area (Å²) in [6, 6.07) is 7.09. The number of rotatable bonds is 8. The molecule has 0 saturated heterocycles. The molecule has 1 atom stereocenters. The summed E-state index contributed by atoms with van der Waals surface area (Å²) in [6.45, 7) is 1.27. The molecule has 11 nitrogen and oxygen atoms in total. The molecule has 1 fully saturated rings. The molecule has 0 bridgehead atoms. The Morgan fingerprint density at radius 3 is 2.71 bits per heavy atom. The Labute approximate surface area is 237 Å². The number of tetrazole rings is 1. The van der Waals surface area contributed by atoms with Gasteiger partial charge in [-0.1, -0.05) is 24.4 Å². The molecule has 1 aliphatic rings. The summed E-state index contributed by atoms with van der Waals surface area (Å²) in [4.78, 5) is 15.3. The third kappa shape index (κ3) is 5.35. The third-order valence-corrected chi connectivity index (χ3v) is 7.18. The van der Waals surface area contributed by atoms with Crippen LogP contribution in [0.4, 0.5) is 14.6 Å². The van der Waals surface area contributed by atoms with Gasteiger partial charge in [0.2, 0.25) is 11.6 Å². The topological polar surface area (TPSA) is 130 Å². The fourth-order valence-electron chi connectivity index (χ4n) is 4.72. The number of amides is 1. The van der Waals surface area contributed by atoms with E-state index in [9.17, 15) is 14.4 Å². The number of hydrogen-bond donors (Lipinski definition) is 1. The van der Waals surface area contributed by atoms with Gasteiger partial charge in [-0.25, -0.2) is 13.8 Å². The van der Waals surface area contributed by atoms with Gasteiger partial charge in [0, 0.05) is 36.5 Å². The van der Waals surface area contributed by atoms with Crippen molar-refractivity contribution in [2.45, 2.75) is 32.2 Å². The zero-order valence-electron chi connectivity index (χ0n) is 21.6. The molecule has 4 heterocycles. The van der Waals surface area contributed by atoms with Crippen LogP contribution >= 0.6 is 11.6 Å². The molecule has 0 aliphatic heterocycles. The van der Waals surface area contributed by atoms with Crippen molar-refractivity contribution in [3.63, 3.8) is 0 Å². The molecule has 4 aromatic heterocycles. The quantitative estimate of drug-likeness (QED) is 0.212. The number of pyridine rings is 2. The fourth-order valence-corrected chi connectivity index (χ4v) is 4.88. The first kappa shape index (κ1) is 26.4. The summed E-state index contributed by atoms with van der Waals surface area (Å²) in [6.07, 6.45) is 10.1. The van der Waals surface area contributed by atoms with E-state index in [0.29, 0.717) is 45.1 Å². The SMILES string of the molecule is CC(=O)Nc1ncc(-c2cnn(C(CC3CC3)c3ccc(-c4c(-n5cnnn5)ccc(Cl)c4F)c[n+]3[O-])c2)cc1F. The van der Waals surface area contributed by atoms with Crippen molar-refractivity contribution in [3.05, 3.63) is 89.0 Å². The normalized spacial score (nSPS) is 13.8. The number of carbonyl (C=O) groups is 1. The van der Waals surface area contributed by atoms with Crippen LogP contribution in [-0.2, 0) is 4.79 Å². The molecular formula is C27H22ClF2N9O2. The minimum absolute atomic E-state index is 0.0818. The van der Waals surface area contributed by atoms with Crippen molar-refractivity contribution in [1.82, 2.24) is 35.0 Å². The van der Waals surface area contributed by atoms with Gasteiger partial charge in [-0.05, 0) is 47.0 Å². The first-order valence-corrected chi connectivity index (χ1v) is 13.1. The monoisotopic (exact) mass is 577 g/mol. The molecule has 1 N–H and O–H groups in total. The largest absolute Gasteiger partial charge is 0.618 e. The Morgan fingerprint density at radius 1 is 1.20 bits per heavy atom. The summed E-state index contributed by atoms with van der Waals surface area (Å²) in [5.41, 5.74) is 2.16. The molecular weight excluding hydrogens is 556 g/mol. The number of aromatic nitrogens is 8. The van der Waals surface area contributed by atoms with Gasteiger partial charge in [0.05, 0.1) is 28.0 Å². The lowest BCUT2D eigenvalue weighted by Crippen LogP contribution is -2.35. The van der Waals surface area contributed by atoms with Crippen LogP contribution in [0, 0.1) is 22.8 Å². The minimum atomic E-state index is -0.705. The first-order chi connectivity index (χ1) is 19.8. The summed E-state index contributed by atoms with van der Waals surface area (Å²) in [5, 5.41) is 31.2. The van der Waals surface area contributed by atoms with Crippen LogP contribution < -0.4 is 10.0 Å². The van der Waals surface area contributed by atoms with Gasteiger partial charge in [0.1, 0.15) is 12.4 Å². The van der Waals surface area contributed by atoms with Gasteiger partial charge in [-0.15, -0.1) is 5.10 Å². The van der Waals surface area contributed by atoms with Gasteiger partial charge in [0.15, 0.2) is 23.6 Å². The Hall–Kier alpha value is -4.78. The number of halogens is 3. The van der Waals surface area contributed by atoms with E-state index < -0.39 is 23.6 Å². The number of hydrogen-bond acceptors (Lipinski definition) is 7. The van der Waals surface area contributed by atoms with Crippen LogP contribution in [0.25, 0.3) is 27.9 Å². The smallest absolute Gasteiger partial charge is 0.222 e. The average Bonchev–Trinajstić information content (AvgIpc) is 3.37. The number of nitrogens with zero attached hydrogens (tertiary/aromatic N) is 8. The summed E-state index contributed by atoms with van der Waals surface area (Å²) < 4.78 is 33.4. The van der Waals surface area contributed by atoms with Gasteiger partial charge in [-0.2, -0.15) is 14.5 Å². The second-order valence-electron chi connectivity index (χ2n) is 9.82. The van der Waals surface area contributed by atoms with E-state index in [0.717, 1.165) is 12.8 Å². The molecule has 1 aromatic carbocycles. The summed E-state index contributed by atoms with van der Waals surface area (Å²) in [5.74, 6) is -1.54. The summed E-state index contributed by atoms with van der Waals surface area (Å²) in [7, 11) is 0. The van der Waals surface area contributed by atoms with Crippen LogP contribution in [0.5, 0.6) is 0 Å². The van der Waals surface area contributed by atoms with Crippen molar-refractivity contribution in [3.8, 4) is 27.9 Å². The van der Waals surface area contributed by atoms with Gasteiger partial charge in [0.25, 0.3) is 0 Å². The Morgan fingerprint density at radius 2 is 2.02 bits per heavy atom. The highest BCUT2D eigenvalue weighted by atomic mass is 35.5. The fraction of sp³-hybridized carbons (Fsp3) is 0.222. The lowest BCUT2D eigenvalue weighted by atomic mass is 10.0. The van der Waals surface area contributed by atoms with Crippen molar-refractivity contribution in [2.24, 2.45) is 5.92 Å².